The van der Waals surface area contributed by atoms with Crippen molar-refractivity contribution in [2.75, 3.05) is 41.0 Å². The monoisotopic (exact) mass is 735 g/mol. The van der Waals surface area contributed by atoms with Crippen LogP contribution in [0, 0.1) is 0 Å². The molecule has 0 fully saturated rings. The average Bonchev–Trinajstić information content (AvgIpc) is 3.09. The molecule has 8 nitrogen and oxygen atoms in total. The van der Waals surface area contributed by atoms with E-state index in [1.165, 1.54) is 77.0 Å². The van der Waals surface area contributed by atoms with Crippen molar-refractivity contribution in [1.29, 1.82) is 0 Å². The Bertz CT molecular complexity index is 953. The van der Waals surface area contributed by atoms with Gasteiger partial charge in [-0.2, -0.15) is 0 Å². The third-order valence-corrected chi connectivity index (χ3v) is 9.29. The van der Waals surface area contributed by atoms with E-state index < -0.39 is 18.1 Å². The summed E-state index contributed by atoms with van der Waals surface area (Å²) >= 11 is 0. The molecule has 0 bridgehead atoms. The second-order valence-electron chi connectivity index (χ2n) is 15.2. The van der Waals surface area contributed by atoms with Gasteiger partial charge >= 0.3 is 17.9 Å². The van der Waals surface area contributed by atoms with Crippen molar-refractivity contribution in [1.82, 2.24) is 0 Å². The van der Waals surface area contributed by atoms with Gasteiger partial charge in [-0.25, -0.2) is 4.79 Å². The van der Waals surface area contributed by atoms with Crippen LogP contribution in [0.25, 0.3) is 0 Å². The maximum Gasteiger partial charge on any atom is 0.362 e. The SMILES string of the molecule is CCCCC/C=C\C/C=C\C/C=C\CCCCCCCCC(=O)OC(COCCC(C(=O)O)[N+](C)(C)C)COC(=O)CCCCCCCCCCC. The summed E-state index contributed by atoms with van der Waals surface area (Å²) in [7, 11) is 5.51. The molecule has 0 aromatic carbocycles. The molecule has 0 aliphatic carbocycles. The minimum absolute atomic E-state index is 0.0546. The molecule has 1 N–H and O–H groups in total. The van der Waals surface area contributed by atoms with Crippen molar-refractivity contribution in [3.05, 3.63) is 36.5 Å². The van der Waals surface area contributed by atoms with Gasteiger partial charge in [-0.15, -0.1) is 0 Å². The summed E-state index contributed by atoms with van der Waals surface area (Å²) in [5.74, 6) is -1.49. The molecule has 52 heavy (non-hydrogen) atoms. The van der Waals surface area contributed by atoms with Gasteiger partial charge in [0.05, 0.1) is 34.4 Å². The maximum absolute atomic E-state index is 12.7. The number of aliphatic carboxylic acids is 1. The van der Waals surface area contributed by atoms with Crippen molar-refractivity contribution in [3.8, 4) is 0 Å². The van der Waals surface area contributed by atoms with Crippen molar-refractivity contribution >= 4 is 17.9 Å². The van der Waals surface area contributed by atoms with Crippen molar-refractivity contribution in [2.24, 2.45) is 0 Å². The first-order valence-corrected chi connectivity index (χ1v) is 21.0. The molecule has 0 aromatic heterocycles. The molecule has 8 heteroatoms. The van der Waals surface area contributed by atoms with E-state index in [1.807, 2.05) is 21.1 Å². The standard InChI is InChI=1S/C44H79NO7/c1-6-8-10-12-14-16-17-18-19-20-21-22-23-24-25-27-29-31-33-35-43(47)52-40(38-50-37-36-41(44(48)49)45(3,4)5)39-51-42(46)34-32-30-28-26-15-13-11-9-7-2/h14,16,18-19,21-22,40-41H,6-13,15,17,20,23-39H2,1-5H3/p+1/b16-14-,19-18-,22-21-. The third kappa shape index (κ3) is 33.4. The van der Waals surface area contributed by atoms with Gasteiger partial charge < -0.3 is 23.8 Å². The van der Waals surface area contributed by atoms with Crippen LogP contribution in [-0.2, 0) is 28.6 Å². The lowest BCUT2D eigenvalue weighted by atomic mass is 10.1. The molecule has 302 valence electrons. The number of likely N-dealkylation sites (N-methyl/N-ethyl adjacent to an activating group) is 1. The second kappa shape index (κ2) is 35.6. The van der Waals surface area contributed by atoms with Crippen LogP contribution in [-0.4, -0.2) is 80.6 Å². The molecular formula is C44H80NO7+. The number of nitrogens with zero attached hydrogens (tertiary/aromatic N) is 1. The summed E-state index contributed by atoms with van der Waals surface area (Å²) in [4.78, 5) is 36.8. The third-order valence-electron chi connectivity index (χ3n) is 9.29. The first-order valence-electron chi connectivity index (χ1n) is 21.0. The van der Waals surface area contributed by atoms with Crippen molar-refractivity contribution in [2.45, 2.75) is 187 Å². The molecule has 0 aliphatic rings. The van der Waals surface area contributed by atoms with E-state index in [0.717, 1.165) is 64.2 Å². The zero-order valence-electron chi connectivity index (χ0n) is 34.3. The highest BCUT2D eigenvalue weighted by molar-refractivity contribution is 5.72. The fourth-order valence-electron chi connectivity index (χ4n) is 5.98. The molecule has 0 heterocycles. The lowest BCUT2D eigenvalue weighted by Crippen LogP contribution is -2.50. The number of allylic oxidation sites excluding steroid dienone is 6. The van der Waals surface area contributed by atoms with Gasteiger partial charge in [0.2, 0.25) is 0 Å². The van der Waals surface area contributed by atoms with E-state index in [4.69, 9.17) is 14.2 Å². The van der Waals surface area contributed by atoms with Gasteiger partial charge in [0.15, 0.2) is 12.1 Å². The van der Waals surface area contributed by atoms with Gasteiger partial charge in [-0.1, -0.05) is 140 Å². The maximum atomic E-state index is 12.7. The zero-order chi connectivity index (χ0) is 38.5. The number of rotatable bonds is 37. The van der Waals surface area contributed by atoms with Crippen LogP contribution in [0.2, 0.25) is 0 Å². The topological polar surface area (TPSA) is 99.1 Å². The quantitative estimate of drug-likeness (QED) is 0.0293. The van der Waals surface area contributed by atoms with Crippen LogP contribution >= 0.6 is 0 Å². The summed E-state index contributed by atoms with van der Waals surface area (Å²) < 4.78 is 17.2. The number of carbonyl (C=O) groups is 3. The van der Waals surface area contributed by atoms with E-state index in [1.54, 1.807) is 0 Å². The number of unbranched alkanes of at least 4 members (excludes halogenated alkanes) is 17. The van der Waals surface area contributed by atoms with E-state index in [-0.39, 0.29) is 36.2 Å². The Morgan fingerprint density at radius 1 is 0.577 bits per heavy atom. The Morgan fingerprint density at radius 2 is 1.02 bits per heavy atom. The Labute approximate surface area is 319 Å². The Balaban J connectivity index is 4.35. The Hall–Kier alpha value is -2.45. The number of ether oxygens (including phenoxy) is 3. The van der Waals surface area contributed by atoms with Gasteiger partial charge in [0.1, 0.15) is 6.61 Å². The second-order valence-corrected chi connectivity index (χ2v) is 15.2. The normalized spacial score (nSPS) is 13.3. The molecular weight excluding hydrogens is 654 g/mol. The molecule has 0 radical (unpaired) electrons. The molecule has 0 spiro atoms. The molecule has 0 aromatic rings. The fourth-order valence-corrected chi connectivity index (χ4v) is 5.98. The van der Waals surface area contributed by atoms with Crippen LogP contribution in [0.15, 0.2) is 36.5 Å². The zero-order valence-corrected chi connectivity index (χ0v) is 34.3. The number of hydrogen-bond acceptors (Lipinski definition) is 6. The molecule has 2 atom stereocenters. The highest BCUT2D eigenvalue weighted by Gasteiger charge is 2.31. The average molecular weight is 735 g/mol. The number of carboxylic acids is 1. The van der Waals surface area contributed by atoms with Gasteiger partial charge in [-0.3, -0.25) is 9.59 Å². The van der Waals surface area contributed by atoms with Crippen molar-refractivity contribution < 1.29 is 38.2 Å². The molecule has 0 amide bonds. The number of esters is 2. The van der Waals surface area contributed by atoms with E-state index in [2.05, 4.69) is 50.3 Å². The van der Waals surface area contributed by atoms with Crippen LogP contribution in [0.5, 0.6) is 0 Å². The summed E-state index contributed by atoms with van der Waals surface area (Å²) in [6, 6.07) is -0.614. The smallest absolute Gasteiger partial charge is 0.362 e. The summed E-state index contributed by atoms with van der Waals surface area (Å²) in [5, 5.41) is 9.59. The van der Waals surface area contributed by atoms with Crippen LogP contribution in [0.4, 0.5) is 0 Å². The van der Waals surface area contributed by atoms with Gasteiger partial charge in [-0.05, 0) is 51.4 Å². The summed E-state index contributed by atoms with van der Waals surface area (Å²) in [6.07, 6.45) is 39.0. The molecule has 0 saturated carbocycles. The lowest BCUT2D eigenvalue weighted by Gasteiger charge is -2.31. The predicted octanol–water partition coefficient (Wildman–Crippen LogP) is 11.1. The number of quaternary nitrogens is 1. The number of carbonyl (C=O) groups excluding carboxylic acids is 2. The first kappa shape index (κ1) is 49.6. The summed E-state index contributed by atoms with van der Waals surface area (Å²) in [6.45, 7) is 4.67. The molecule has 0 aliphatic heterocycles. The van der Waals surface area contributed by atoms with Crippen molar-refractivity contribution in [3.63, 3.8) is 0 Å². The molecule has 0 rings (SSSR count). The Kier molecular flexibility index (Phi) is 33.9. The first-order chi connectivity index (χ1) is 25.1. The minimum atomic E-state index is -0.878. The number of hydrogen-bond donors (Lipinski definition) is 1. The highest BCUT2D eigenvalue weighted by atomic mass is 16.6. The van der Waals surface area contributed by atoms with Crippen LogP contribution in [0.1, 0.15) is 174 Å². The minimum Gasteiger partial charge on any atom is -0.477 e. The fraction of sp³-hybridized carbons (Fsp3) is 0.795. The van der Waals surface area contributed by atoms with E-state index >= 15 is 0 Å². The van der Waals surface area contributed by atoms with Crippen LogP contribution in [0.3, 0.4) is 0 Å². The van der Waals surface area contributed by atoms with E-state index in [0.29, 0.717) is 19.3 Å². The highest BCUT2D eigenvalue weighted by Crippen LogP contribution is 2.14. The van der Waals surface area contributed by atoms with Crippen LogP contribution < -0.4 is 0 Å². The van der Waals surface area contributed by atoms with Gasteiger partial charge in [0.25, 0.3) is 0 Å². The predicted molar refractivity (Wildman–Crippen MR) is 215 cm³/mol. The number of carboxylic acid groups (broad SMARTS) is 1. The largest absolute Gasteiger partial charge is 0.477 e. The van der Waals surface area contributed by atoms with Gasteiger partial charge in [0, 0.05) is 19.3 Å². The Morgan fingerprint density at radius 3 is 1.54 bits per heavy atom. The molecule has 2 unspecified atom stereocenters. The molecule has 0 saturated heterocycles. The van der Waals surface area contributed by atoms with E-state index in [9.17, 15) is 19.5 Å². The lowest BCUT2D eigenvalue weighted by molar-refractivity contribution is -0.887. The summed E-state index contributed by atoms with van der Waals surface area (Å²) in [5.41, 5.74) is 0.